The number of aryl methyl sites for hydroxylation is 1. The molecule has 0 atom stereocenters. The Morgan fingerprint density at radius 3 is 2.80 bits per heavy atom. The van der Waals surface area contributed by atoms with E-state index in [0.29, 0.717) is 12.2 Å². The molecule has 0 aliphatic carbocycles. The minimum atomic E-state index is -0.360. The summed E-state index contributed by atoms with van der Waals surface area (Å²) < 4.78 is 11.2. The van der Waals surface area contributed by atoms with Crippen molar-refractivity contribution in [2.45, 2.75) is 13.5 Å². The minimum absolute atomic E-state index is 0.360. The molecule has 0 aliphatic heterocycles. The van der Waals surface area contributed by atoms with Gasteiger partial charge in [0.05, 0.1) is 18.4 Å². The number of esters is 1. The molecular weight excluding hydrogens is 322 g/mol. The molecule has 0 unspecified atom stereocenters. The predicted octanol–water partition coefficient (Wildman–Crippen LogP) is 3.52. The normalized spacial score (nSPS) is 10.2. The van der Waals surface area contributed by atoms with Crippen molar-refractivity contribution >= 4 is 21.9 Å². The van der Waals surface area contributed by atoms with Crippen LogP contribution < -0.4 is 4.74 Å². The zero-order chi connectivity index (χ0) is 14.5. The van der Waals surface area contributed by atoms with E-state index in [2.05, 4.69) is 25.7 Å². The van der Waals surface area contributed by atoms with Gasteiger partial charge in [-0.05, 0) is 31.2 Å². The van der Waals surface area contributed by atoms with E-state index in [-0.39, 0.29) is 5.97 Å². The van der Waals surface area contributed by atoms with E-state index in [1.54, 1.807) is 18.3 Å². The molecule has 2 aromatic rings. The number of rotatable bonds is 4. The molecule has 0 fully saturated rings. The molecule has 20 heavy (non-hydrogen) atoms. The highest BCUT2D eigenvalue weighted by Gasteiger charge is 2.09. The molecular formula is C15H14BrNO3. The van der Waals surface area contributed by atoms with Gasteiger partial charge < -0.3 is 9.47 Å². The highest BCUT2D eigenvalue weighted by molar-refractivity contribution is 9.10. The molecule has 0 N–H and O–H groups in total. The Morgan fingerprint density at radius 2 is 2.15 bits per heavy atom. The van der Waals surface area contributed by atoms with E-state index in [9.17, 15) is 4.79 Å². The van der Waals surface area contributed by atoms with Crippen molar-refractivity contribution in [2.24, 2.45) is 0 Å². The van der Waals surface area contributed by atoms with Crippen molar-refractivity contribution in [1.29, 1.82) is 0 Å². The Balaban J connectivity index is 2.11. The highest BCUT2D eigenvalue weighted by Crippen LogP contribution is 2.22. The minimum Gasteiger partial charge on any atom is -0.487 e. The van der Waals surface area contributed by atoms with Gasteiger partial charge in [-0.1, -0.05) is 22.0 Å². The second-order valence-electron chi connectivity index (χ2n) is 4.17. The Hall–Kier alpha value is -1.88. The number of nitrogens with zero attached hydrogens (tertiary/aromatic N) is 1. The third-order valence-electron chi connectivity index (χ3n) is 2.82. The fraction of sp³-hybridized carbons (Fsp3) is 0.200. The van der Waals surface area contributed by atoms with Gasteiger partial charge in [0.2, 0.25) is 0 Å². The first-order valence-electron chi connectivity index (χ1n) is 6.03. The standard InChI is InChI=1S/C15H14BrNO3/c1-10-14(4-3-7-17-10)20-9-12-6-5-11(8-13(12)16)15(18)19-2/h3-8H,9H2,1-2H3. The molecule has 1 heterocycles. The molecule has 104 valence electrons. The summed E-state index contributed by atoms with van der Waals surface area (Å²) in [6, 6.07) is 8.98. The van der Waals surface area contributed by atoms with Gasteiger partial charge in [0.1, 0.15) is 12.4 Å². The molecule has 1 aromatic carbocycles. The Morgan fingerprint density at radius 1 is 1.35 bits per heavy atom. The molecule has 0 spiro atoms. The molecule has 0 aliphatic rings. The van der Waals surface area contributed by atoms with Gasteiger partial charge in [-0.3, -0.25) is 4.98 Å². The first-order chi connectivity index (χ1) is 9.61. The summed E-state index contributed by atoms with van der Waals surface area (Å²) in [6.07, 6.45) is 1.73. The molecule has 2 rings (SSSR count). The van der Waals surface area contributed by atoms with Crippen LogP contribution in [0.25, 0.3) is 0 Å². The van der Waals surface area contributed by atoms with Crippen molar-refractivity contribution in [3.05, 3.63) is 57.8 Å². The Bertz CT molecular complexity index is 628. The number of ether oxygens (including phenoxy) is 2. The summed E-state index contributed by atoms with van der Waals surface area (Å²) in [5, 5.41) is 0. The van der Waals surface area contributed by atoms with Crippen molar-refractivity contribution in [3.63, 3.8) is 0 Å². The number of hydrogen-bond donors (Lipinski definition) is 0. The van der Waals surface area contributed by atoms with Gasteiger partial charge >= 0.3 is 5.97 Å². The lowest BCUT2D eigenvalue weighted by molar-refractivity contribution is 0.0600. The topological polar surface area (TPSA) is 48.4 Å². The van der Waals surface area contributed by atoms with Crippen LogP contribution >= 0.6 is 15.9 Å². The van der Waals surface area contributed by atoms with Crippen LogP contribution in [0.3, 0.4) is 0 Å². The fourth-order valence-electron chi connectivity index (χ4n) is 1.69. The van der Waals surface area contributed by atoms with Crippen LogP contribution in [-0.2, 0) is 11.3 Å². The zero-order valence-corrected chi connectivity index (χ0v) is 12.8. The lowest BCUT2D eigenvalue weighted by Crippen LogP contribution is -2.03. The number of halogens is 1. The van der Waals surface area contributed by atoms with Crippen LogP contribution in [-0.4, -0.2) is 18.1 Å². The average molecular weight is 336 g/mol. The summed E-state index contributed by atoms with van der Waals surface area (Å²) in [6.45, 7) is 2.29. The quantitative estimate of drug-likeness (QED) is 0.802. The Labute approximate surface area is 125 Å². The molecule has 0 bridgehead atoms. The zero-order valence-electron chi connectivity index (χ0n) is 11.2. The van der Waals surface area contributed by atoms with Crippen molar-refractivity contribution < 1.29 is 14.3 Å². The lowest BCUT2D eigenvalue weighted by atomic mass is 10.1. The first-order valence-corrected chi connectivity index (χ1v) is 6.82. The maximum Gasteiger partial charge on any atom is 0.337 e. The van der Waals surface area contributed by atoms with Gasteiger partial charge in [0.25, 0.3) is 0 Å². The van der Waals surface area contributed by atoms with Crippen LogP contribution in [0.4, 0.5) is 0 Å². The van der Waals surface area contributed by atoms with Crippen LogP contribution in [0.5, 0.6) is 5.75 Å². The molecule has 0 saturated heterocycles. The lowest BCUT2D eigenvalue weighted by Gasteiger charge is -2.10. The fourth-order valence-corrected chi connectivity index (χ4v) is 2.18. The molecule has 0 amide bonds. The highest BCUT2D eigenvalue weighted by atomic mass is 79.9. The van der Waals surface area contributed by atoms with Crippen molar-refractivity contribution in [2.75, 3.05) is 7.11 Å². The van der Waals surface area contributed by atoms with E-state index in [1.165, 1.54) is 7.11 Å². The van der Waals surface area contributed by atoms with Crippen LogP contribution in [0, 0.1) is 6.92 Å². The Kier molecular flexibility index (Phi) is 4.74. The van der Waals surface area contributed by atoms with E-state index in [0.717, 1.165) is 21.5 Å². The average Bonchev–Trinajstić information content (AvgIpc) is 2.46. The third kappa shape index (κ3) is 3.36. The van der Waals surface area contributed by atoms with Crippen LogP contribution in [0.15, 0.2) is 41.0 Å². The number of hydrogen-bond acceptors (Lipinski definition) is 4. The molecule has 1 aromatic heterocycles. The van der Waals surface area contributed by atoms with E-state index in [1.807, 2.05) is 25.1 Å². The van der Waals surface area contributed by atoms with Gasteiger partial charge in [0, 0.05) is 16.2 Å². The monoisotopic (exact) mass is 335 g/mol. The number of aromatic nitrogens is 1. The molecule has 0 radical (unpaired) electrons. The predicted molar refractivity (Wildman–Crippen MR) is 78.8 cm³/mol. The second-order valence-corrected chi connectivity index (χ2v) is 5.03. The third-order valence-corrected chi connectivity index (χ3v) is 3.55. The van der Waals surface area contributed by atoms with Gasteiger partial charge in [-0.2, -0.15) is 0 Å². The number of benzene rings is 1. The van der Waals surface area contributed by atoms with E-state index < -0.39 is 0 Å². The number of methoxy groups -OCH3 is 1. The first kappa shape index (κ1) is 14.5. The SMILES string of the molecule is COC(=O)c1ccc(COc2cccnc2C)c(Br)c1. The molecule has 4 nitrogen and oxygen atoms in total. The van der Waals surface area contributed by atoms with Gasteiger partial charge in [0.15, 0.2) is 0 Å². The van der Waals surface area contributed by atoms with Crippen molar-refractivity contribution in [1.82, 2.24) is 4.98 Å². The summed E-state index contributed by atoms with van der Waals surface area (Å²) >= 11 is 3.43. The van der Waals surface area contributed by atoms with Gasteiger partial charge in [-0.25, -0.2) is 4.79 Å². The number of carbonyl (C=O) groups is 1. The maximum atomic E-state index is 11.4. The summed E-state index contributed by atoms with van der Waals surface area (Å²) in [5.41, 5.74) is 2.29. The second kappa shape index (κ2) is 6.52. The number of pyridine rings is 1. The summed E-state index contributed by atoms with van der Waals surface area (Å²) in [5.74, 6) is 0.387. The molecule has 5 heteroatoms. The maximum absolute atomic E-state index is 11.4. The van der Waals surface area contributed by atoms with Gasteiger partial charge in [-0.15, -0.1) is 0 Å². The number of carbonyl (C=O) groups excluding carboxylic acids is 1. The van der Waals surface area contributed by atoms with E-state index >= 15 is 0 Å². The smallest absolute Gasteiger partial charge is 0.337 e. The molecule has 0 saturated carbocycles. The van der Waals surface area contributed by atoms with Crippen LogP contribution in [0.1, 0.15) is 21.6 Å². The van der Waals surface area contributed by atoms with Crippen molar-refractivity contribution in [3.8, 4) is 5.75 Å². The largest absolute Gasteiger partial charge is 0.487 e. The summed E-state index contributed by atoms with van der Waals surface area (Å²) in [4.78, 5) is 15.6. The summed E-state index contributed by atoms with van der Waals surface area (Å²) in [7, 11) is 1.36. The van der Waals surface area contributed by atoms with E-state index in [4.69, 9.17) is 4.74 Å². The van der Waals surface area contributed by atoms with Crippen LogP contribution in [0.2, 0.25) is 0 Å².